The first-order chi connectivity index (χ1) is 5.99. The van der Waals surface area contributed by atoms with Gasteiger partial charge in [0.1, 0.15) is 0 Å². The summed E-state index contributed by atoms with van der Waals surface area (Å²) in [7, 11) is 0. The Hall–Kier alpha value is -0.290. The summed E-state index contributed by atoms with van der Waals surface area (Å²) in [4.78, 5) is 1.92. The molecule has 80 valence electrons. The monoisotopic (exact) mass is 198 g/mol. The Morgan fingerprint density at radius 3 is 2.23 bits per heavy atom. The molecule has 0 saturated carbocycles. The molecule has 13 heavy (non-hydrogen) atoms. The van der Waals surface area contributed by atoms with Crippen LogP contribution in [-0.4, -0.2) is 37.3 Å². The fourth-order valence-electron chi connectivity index (χ4n) is 1.11. The van der Waals surface area contributed by atoms with E-state index < -0.39 is 12.6 Å². The highest BCUT2D eigenvalue weighted by Crippen LogP contribution is 2.21. The predicted octanol–water partition coefficient (Wildman–Crippen LogP) is 1.61. The summed E-state index contributed by atoms with van der Waals surface area (Å²) in [5.74, 6) is 0. The zero-order valence-electron chi connectivity index (χ0n) is 7.90. The standard InChI is InChI=1S/C8H17F3N2/c1-2-13(7-5-12)6-3-4-8(9,10)11/h2-7,12H2,1H3. The van der Waals surface area contributed by atoms with Crippen molar-refractivity contribution in [2.45, 2.75) is 25.9 Å². The Kier molecular flexibility index (Phi) is 6.07. The van der Waals surface area contributed by atoms with E-state index in [1.807, 2.05) is 11.8 Å². The van der Waals surface area contributed by atoms with Crippen LogP contribution in [0.1, 0.15) is 19.8 Å². The van der Waals surface area contributed by atoms with E-state index in [0.717, 1.165) is 6.54 Å². The van der Waals surface area contributed by atoms with Gasteiger partial charge in [0.05, 0.1) is 0 Å². The van der Waals surface area contributed by atoms with Crippen LogP contribution in [0.25, 0.3) is 0 Å². The second-order valence-corrected chi connectivity index (χ2v) is 2.94. The van der Waals surface area contributed by atoms with Crippen molar-refractivity contribution in [2.24, 2.45) is 5.73 Å². The van der Waals surface area contributed by atoms with Gasteiger partial charge in [-0.1, -0.05) is 6.92 Å². The first-order valence-electron chi connectivity index (χ1n) is 4.48. The maximum absolute atomic E-state index is 11.8. The number of hydrogen-bond donors (Lipinski definition) is 1. The van der Waals surface area contributed by atoms with Gasteiger partial charge in [-0.05, 0) is 19.5 Å². The van der Waals surface area contributed by atoms with Crippen molar-refractivity contribution in [2.75, 3.05) is 26.2 Å². The molecule has 0 rings (SSSR count). The predicted molar refractivity (Wildman–Crippen MR) is 46.5 cm³/mol. The average Bonchev–Trinajstić information content (AvgIpc) is 2.01. The molecule has 0 unspecified atom stereocenters. The van der Waals surface area contributed by atoms with Crippen LogP contribution >= 0.6 is 0 Å². The van der Waals surface area contributed by atoms with Gasteiger partial charge in [-0.15, -0.1) is 0 Å². The van der Waals surface area contributed by atoms with Gasteiger partial charge in [-0.25, -0.2) is 0 Å². The highest BCUT2D eigenvalue weighted by atomic mass is 19.4. The third-order valence-corrected chi connectivity index (χ3v) is 1.83. The zero-order chi connectivity index (χ0) is 10.3. The summed E-state index contributed by atoms with van der Waals surface area (Å²) in [6, 6.07) is 0. The average molecular weight is 198 g/mol. The Bertz CT molecular complexity index is 125. The van der Waals surface area contributed by atoms with E-state index >= 15 is 0 Å². The molecular weight excluding hydrogens is 181 g/mol. The van der Waals surface area contributed by atoms with Gasteiger partial charge in [0.25, 0.3) is 0 Å². The van der Waals surface area contributed by atoms with Crippen LogP contribution in [0.5, 0.6) is 0 Å². The second kappa shape index (κ2) is 6.21. The van der Waals surface area contributed by atoms with E-state index in [4.69, 9.17) is 5.73 Å². The van der Waals surface area contributed by atoms with Gasteiger partial charge in [0, 0.05) is 19.5 Å². The minimum atomic E-state index is -4.03. The summed E-state index contributed by atoms with van der Waals surface area (Å²) < 4.78 is 35.3. The van der Waals surface area contributed by atoms with Crippen LogP contribution in [0.2, 0.25) is 0 Å². The molecule has 5 heteroatoms. The largest absolute Gasteiger partial charge is 0.389 e. The van der Waals surface area contributed by atoms with E-state index in [1.165, 1.54) is 0 Å². The fraction of sp³-hybridized carbons (Fsp3) is 1.00. The van der Waals surface area contributed by atoms with Gasteiger partial charge >= 0.3 is 6.18 Å². The fourth-order valence-corrected chi connectivity index (χ4v) is 1.11. The maximum atomic E-state index is 11.8. The molecule has 2 nitrogen and oxygen atoms in total. The molecule has 0 aliphatic carbocycles. The van der Waals surface area contributed by atoms with Gasteiger partial charge < -0.3 is 10.6 Å². The summed E-state index contributed by atoms with van der Waals surface area (Å²) in [6.07, 6.45) is -4.56. The maximum Gasteiger partial charge on any atom is 0.389 e. The molecule has 0 aliphatic rings. The van der Waals surface area contributed by atoms with Crippen molar-refractivity contribution in [3.63, 3.8) is 0 Å². The molecule has 0 saturated heterocycles. The van der Waals surface area contributed by atoms with E-state index in [1.54, 1.807) is 0 Å². The molecule has 0 aromatic carbocycles. The van der Waals surface area contributed by atoms with Gasteiger partial charge in [-0.3, -0.25) is 0 Å². The van der Waals surface area contributed by atoms with E-state index in [-0.39, 0.29) is 6.42 Å². The summed E-state index contributed by atoms with van der Waals surface area (Å²) in [5.41, 5.74) is 5.30. The van der Waals surface area contributed by atoms with Gasteiger partial charge in [-0.2, -0.15) is 13.2 Å². The highest BCUT2D eigenvalue weighted by molar-refractivity contribution is 4.58. The number of halogens is 3. The van der Waals surface area contributed by atoms with E-state index in [0.29, 0.717) is 19.6 Å². The molecule has 0 bridgehead atoms. The van der Waals surface area contributed by atoms with Crippen LogP contribution in [0.4, 0.5) is 13.2 Å². The lowest BCUT2D eigenvalue weighted by molar-refractivity contribution is -0.136. The number of nitrogens with two attached hydrogens (primary N) is 1. The van der Waals surface area contributed by atoms with Gasteiger partial charge in [0.15, 0.2) is 0 Å². The molecule has 0 spiro atoms. The van der Waals surface area contributed by atoms with E-state index in [9.17, 15) is 13.2 Å². The Balaban J connectivity index is 3.49. The molecule has 0 amide bonds. The molecule has 0 aromatic rings. The highest BCUT2D eigenvalue weighted by Gasteiger charge is 2.26. The zero-order valence-corrected chi connectivity index (χ0v) is 7.90. The Labute approximate surface area is 76.9 Å². The molecule has 0 atom stereocenters. The van der Waals surface area contributed by atoms with Crippen LogP contribution in [0.3, 0.4) is 0 Å². The smallest absolute Gasteiger partial charge is 0.329 e. The van der Waals surface area contributed by atoms with Crippen molar-refractivity contribution in [3.8, 4) is 0 Å². The lowest BCUT2D eigenvalue weighted by Crippen LogP contribution is -2.30. The second-order valence-electron chi connectivity index (χ2n) is 2.94. The van der Waals surface area contributed by atoms with Crippen molar-refractivity contribution in [1.82, 2.24) is 4.90 Å². The summed E-state index contributed by atoms with van der Waals surface area (Å²) >= 11 is 0. The normalized spacial score (nSPS) is 12.5. The lowest BCUT2D eigenvalue weighted by atomic mass is 10.3. The molecule has 0 heterocycles. The first kappa shape index (κ1) is 12.7. The van der Waals surface area contributed by atoms with Crippen LogP contribution in [-0.2, 0) is 0 Å². The number of nitrogens with zero attached hydrogens (tertiary/aromatic N) is 1. The minimum Gasteiger partial charge on any atom is -0.329 e. The van der Waals surface area contributed by atoms with E-state index in [2.05, 4.69) is 0 Å². The summed E-state index contributed by atoms with van der Waals surface area (Å²) in [6.45, 7) is 4.33. The van der Waals surface area contributed by atoms with Crippen molar-refractivity contribution < 1.29 is 13.2 Å². The molecule has 0 aromatic heterocycles. The van der Waals surface area contributed by atoms with Crippen LogP contribution < -0.4 is 5.73 Å². The SMILES string of the molecule is CCN(CCN)CCCC(F)(F)F. The number of likely N-dealkylation sites (N-methyl/N-ethyl adjacent to an activating group) is 1. The van der Waals surface area contributed by atoms with Gasteiger partial charge in [0.2, 0.25) is 0 Å². The number of alkyl halides is 3. The number of rotatable bonds is 6. The third kappa shape index (κ3) is 8.05. The molecule has 2 N–H and O–H groups in total. The Morgan fingerprint density at radius 2 is 1.85 bits per heavy atom. The quantitative estimate of drug-likeness (QED) is 0.702. The molecular formula is C8H17F3N2. The summed E-state index contributed by atoms with van der Waals surface area (Å²) in [5, 5.41) is 0. The molecule has 0 fully saturated rings. The van der Waals surface area contributed by atoms with Crippen molar-refractivity contribution in [3.05, 3.63) is 0 Å². The third-order valence-electron chi connectivity index (χ3n) is 1.83. The first-order valence-corrected chi connectivity index (χ1v) is 4.48. The van der Waals surface area contributed by atoms with Crippen LogP contribution in [0, 0.1) is 0 Å². The van der Waals surface area contributed by atoms with Crippen molar-refractivity contribution >= 4 is 0 Å². The minimum absolute atomic E-state index is 0.164. The topological polar surface area (TPSA) is 29.3 Å². The van der Waals surface area contributed by atoms with Crippen LogP contribution in [0.15, 0.2) is 0 Å². The molecule has 0 radical (unpaired) electrons. The van der Waals surface area contributed by atoms with Crippen molar-refractivity contribution in [1.29, 1.82) is 0 Å². The lowest BCUT2D eigenvalue weighted by Gasteiger charge is -2.19. The molecule has 0 aliphatic heterocycles. The Morgan fingerprint density at radius 1 is 1.23 bits per heavy atom. The number of hydrogen-bond acceptors (Lipinski definition) is 2.